The third-order valence-corrected chi connectivity index (χ3v) is 2.66. The van der Waals surface area contributed by atoms with Gasteiger partial charge in [-0.2, -0.15) is 5.06 Å². The van der Waals surface area contributed by atoms with Gasteiger partial charge in [-0.25, -0.2) is 0 Å². The van der Waals surface area contributed by atoms with E-state index in [1.807, 2.05) is 0 Å². The van der Waals surface area contributed by atoms with Crippen LogP contribution < -0.4 is 0 Å². The standard InChI is InChI=1S/C8H17NO3Si/c1-13(2,3)12-9-6-4-5-7(9)8(10)11/h7H,4-6H2,1-3H3,(H,10,11). The molecule has 0 saturated carbocycles. The summed E-state index contributed by atoms with van der Waals surface area (Å²) >= 11 is 0. The zero-order valence-corrected chi connectivity index (χ0v) is 9.41. The summed E-state index contributed by atoms with van der Waals surface area (Å²) in [6.07, 6.45) is 1.63. The van der Waals surface area contributed by atoms with Gasteiger partial charge in [0.25, 0.3) is 0 Å². The molecule has 0 aromatic heterocycles. The number of carboxylic acids is 1. The Labute approximate surface area is 79.6 Å². The van der Waals surface area contributed by atoms with Gasteiger partial charge < -0.3 is 9.63 Å². The molecular formula is C8H17NO3Si. The Morgan fingerprint density at radius 1 is 1.54 bits per heavy atom. The summed E-state index contributed by atoms with van der Waals surface area (Å²) in [7, 11) is -1.65. The van der Waals surface area contributed by atoms with Gasteiger partial charge in [0, 0.05) is 6.54 Å². The van der Waals surface area contributed by atoms with E-state index in [0.717, 1.165) is 13.0 Å². The molecule has 0 radical (unpaired) electrons. The number of rotatable bonds is 3. The predicted molar refractivity (Wildman–Crippen MR) is 51.8 cm³/mol. The van der Waals surface area contributed by atoms with Crippen molar-refractivity contribution in [3.63, 3.8) is 0 Å². The second-order valence-corrected chi connectivity index (χ2v) is 8.75. The fourth-order valence-electron chi connectivity index (χ4n) is 1.45. The second-order valence-electron chi connectivity index (χ2n) is 4.34. The molecule has 0 amide bonds. The Morgan fingerprint density at radius 2 is 2.15 bits per heavy atom. The summed E-state index contributed by atoms with van der Waals surface area (Å²) in [4.78, 5) is 10.8. The molecule has 0 spiro atoms. The SMILES string of the molecule is C[Si](C)(C)ON1CCCC1C(=O)O. The molecule has 0 bridgehead atoms. The summed E-state index contributed by atoms with van der Waals surface area (Å²) in [5.41, 5.74) is 0. The zero-order valence-electron chi connectivity index (χ0n) is 8.41. The molecule has 5 heteroatoms. The maximum absolute atomic E-state index is 10.8. The first kappa shape index (κ1) is 10.7. The van der Waals surface area contributed by atoms with Crippen LogP contribution in [-0.4, -0.2) is 37.0 Å². The maximum Gasteiger partial charge on any atom is 0.323 e. The fourth-order valence-corrected chi connectivity index (χ4v) is 2.37. The van der Waals surface area contributed by atoms with Crippen molar-refractivity contribution in [2.24, 2.45) is 0 Å². The van der Waals surface area contributed by atoms with Gasteiger partial charge in [0.2, 0.25) is 8.32 Å². The number of hydrogen-bond acceptors (Lipinski definition) is 3. The van der Waals surface area contributed by atoms with E-state index in [2.05, 4.69) is 19.6 Å². The average Bonchev–Trinajstić information content (AvgIpc) is 2.31. The molecule has 1 aliphatic rings. The van der Waals surface area contributed by atoms with Gasteiger partial charge in [-0.15, -0.1) is 0 Å². The summed E-state index contributed by atoms with van der Waals surface area (Å²) in [6.45, 7) is 6.93. The highest BCUT2D eigenvalue weighted by Crippen LogP contribution is 2.20. The minimum Gasteiger partial charge on any atom is -0.480 e. The lowest BCUT2D eigenvalue weighted by atomic mass is 10.2. The molecule has 0 aromatic rings. The molecule has 76 valence electrons. The van der Waals surface area contributed by atoms with Gasteiger partial charge >= 0.3 is 5.97 Å². The minimum atomic E-state index is -1.65. The van der Waals surface area contributed by atoms with Crippen LogP contribution in [0.5, 0.6) is 0 Å². The highest BCUT2D eigenvalue weighted by molar-refractivity contribution is 6.69. The van der Waals surface area contributed by atoms with E-state index in [9.17, 15) is 4.79 Å². The third kappa shape index (κ3) is 3.09. The van der Waals surface area contributed by atoms with Crippen LogP contribution in [0.15, 0.2) is 0 Å². The van der Waals surface area contributed by atoms with Crippen molar-refractivity contribution < 1.29 is 14.4 Å². The van der Waals surface area contributed by atoms with Crippen LogP contribution in [0, 0.1) is 0 Å². The molecule has 1 unspecified atom stereocenters. The van der Waals surface area contributed by atoms with E-state index in [4.69, 9.17) is 9.63 Å². The van der Waals surface area contributed by atoms with Crippen molar-refractivity contribution in [3.8, 4) is 0 Å². The van der Waals surface area contributed by atoms with E-state index >= 15 is 0 Å². The van der Waals surface area contributed by atoms with Crippen molar-refractivity contribution in [3.05, 3.63) is 0 Å². The van der Waals surface area contributed by atoms with Crippen LogP contribution in [0.4, 0.5) is 0 Å². The first-order valence-electron chi connectivity index (χ1n) is 4.59. The molecule has 0 aromatic carbocycles. The Hall–Kier alpha value is -0.393. The van der Waals surface area contributed by atoms with Crippen molar-refractivity contribution in [2.45, 2.75) is 38.5 Å². The van der Waals surface area contributed by atoms with Gasteiger partial charge in [0.1, 0.15) is 6.04 Å². The molecule has 0 aliphatic carbocycles. The van der Waals surface area contributed by atoms with E-state index in [-0.39, 0.29) is 0 Å². The molecule has 1 heterocycles. The monoisotopic (exact) mass is 203 g/mol. The molecule has 1 aliphatic heterocycles. The Bertz CT molecular complexity index is 202. The molecule has 1 fully saturated rings. The maximum atomic E-state index is 10.8. The van der Waals surface area contributed by atoms with Crippen molar-refractivity contribution in [1.82, 2.24) is 5.06 Å². The lowest BCUT2D eigenvalue weighted by Crippen LogP contribution is -2.43. The summed E-state index contributed by atoms with van der Waals surface area (Å²) in [5, 5.41) is 10.5. The van der Waals surface area contributed by atoms with E-state index in [1.165, 1.54) is 0 Å². The molecular weight excluding hydrogens is 186 g/mol. The Morgan fingerprint density at radius 3 is 2.62 bits per heavy atom. The smallest absolute Gasteiger partial charge is 0.323 e. The van der Waals surface area contributed by atoms with Gasteiger partial charge in [0.05, 0.1) is 0 Å². The lowest BCUT2D eigenvalue weighted by molar-refractivity contribution is -0.156. The highest BCUT2D eigenvalue weighted by Gasteiger charge is 2.34. The largest absolute Gasteiger partial charge is 0.480 e. The van der Waals surface area contributed by atoms with Crippen LogP contribution in [0.3, 0.4) is 0 Å². The zero-order chi connectivity index (χ0) is 10.1. The van der Waals surface area contributed by atoms with Gasteiger partial charge in [0.15, 0.2) is 0 Å². The molecule has 1 rings (SSSR count). The first-order valence-corrected chi connectivity index (χ1v) is 7.99. The van der Waals surface area contributed by atoms with E-state index in [1.54, 1.807) is 5.06 Å². The fraction of sp³-hybridized carbons (Fsp3) is 0.875. The minimum absolute atomic E-state index is 0.424. The van der Waals surface area contributed by atoms with Crippen LogP contribution in [-0.2, 0) is 9.32 Å². The average molecular weight is 203 g/mol. The molecule has 1 atom stereocenters. The Balaban J connectivity index is 2.54. The number of hydrogen-bond donors (Lipinski definition) is 1. The summed E-state index contributed by atoms with van der Waals surface area (Å²) in [5.74, 6) is -0.768. The van der Waals surface area contributed by atoms with Crippen molar-refractivity contribution in [2.75, 3.05) is 6.54 Å². The third-order valence-electron chi connectivity index (χ3n) is 1.88. The summed E-state index contributed by atoms with van der Waals surface area (Å²) in [6, 6.07) is -0.424. The number of nitrogens with zero attached hydrogens (tertiary/aromatic N) is 1. The van der Waals surface area contributed by atoms with Crippen LogP contribution >= 0.6 is 0 Å². The number of aliphatic carboxylic acids is 1. The Kier molecular flexibility index (Phi) is 3.10. The molecule has 4 nitrogen and oxygen atoms in total. The molecule has 1 saturated heterocycles. The predicted octanol–water partition coefficient (Wildman–Crippen LogP) is 1.30. The topological polar surface area (TPSA) is 49.8 Å². The number of carboxylic acid groups (broad SMARTS) is 1. The van der Waals surface area contributed by atoms with Gasteiger partial charge in [-0.3, -0.25) is 4.79 Å². The van der Waals surface area contributed by atoms with E-state index in [0.29, 0.717) is 6.42 Å². The van der Waals surface area contributed by atoms with Crippen molar-refractivity contribution >= 4 is 14.3 Å². The van der Waals surface area contributed by atoms with Crippen LogP contribution in [0.1, 0.15) is 12.8 Å². The lowest BCUT2D eigenvalue weighted by Gasteiger charge is -2.28. The number of carbonyl (C=O) groups is 1. The van der Waals surface area contributed by atoms with Gasteiger partial charge in [-0.05, 0) is 32.5 Å². The highest BCUT2D eigenvalue weighted by atomic mass is 28.4. The second kappa shape index (κ2) is 3.77. The molecule has 13 heavy (non-hydrogen) atoms. The van der Waals surface area contributed by atoms with Crippen molar-refractivity contribution in [1.29, 1.82) is 0 Å². The first-order chi connectivity index (χ1) is 5.90. The number of hydroxylamine groups is 2. The van der Waals surface area contributed by atoms with Crippen LogP contribution in [0.2, 0.25) is 19.6 Å². The quantitative estimate of drug-likeness (QED) is 0.702. The summed E-state index contributed by atoms with van der Waals surface area (Å²) < 4.78 is 5.66. The van der Waals surface area contributed by atoms with Crippen LogP contribution in [0.25, 0.3) is 0 Å². The normalized spacial score (nSPS) is 25.0. The molecule has 1 N–H and O–H groups in total. The van der Waals surface area contributed by atoms with Gasteiger partial charge in [-0.1, -0.05) is 0 Å². The van der Waals surface area contributed by atoms with E-state index < -0.39 is 20.3 Å².